The smallest absolute Gasteiger partial charge is 0.352 e. The Morgan fingerprint density at radius 3 is 2.85 bits per heavy atom. The van der Waals surface area contributed by atoms with Crippen LogP contribution in [0, 0.1) is 0 Å². The third-order valence-corrected chi connectivity index (χ3v) is 4.50. The zero-order valence-corrected chi connectivity index (χ0v) is 12.1. The predicted molar refractivity (Wildman–Crippen MR) is 72.4 cm³/mol. The molecule has 0 bridgehead atoms. The summed E-state index contributed by atoms with van der Waals surface area (Å²) in [5, 5.41) is 12.9. The molecule has 8 nitrogen and oxygen atoms in total. The van der Waals surface area contributed by atoms with E-state index in [0.717, 1.165) is 17.6 Å². The Morgan fingerprint density at radius 2 is 2.30 bits per heavy atom. The highest BCUT2D eigenvalue weighted by Gasteiger charge is 2.21. The van der Waals surface area contributed by atoms with E-state index >= 15 is 0 Å². The summed E-state index contributed by atoms with van der Waals surface area (Å²) in [5.74, 6) is -1.17. The first kappa shape index (κ1) is 14.5. The number of carboxylic acids is 1. The van der Waals surface area contributed by atoms with Gasteiger partial charge >= 0.3 is 5.97 Å². The minimum Gasteiger partial charge on any atom is -0.477 e. The molecule has 2 aromatic heterocycles. The van der Waals surface area contributed by atoms with E-state index in [1.54, 1.807) is 0 Å². The standard InChI is InChI=1S/C10H12N4O4S2/c1-2-3-14-6-7(4-8(14)10(15)16)20(17,18)12-9-5-11-13-19-9/h4-6,12H,2-3H2,1H3,(H,15,16). The van der Waals surface area contributed by atoms with Crippen molar-refractivity contribution in [3.63, 3.8) is 0 Å². The molecule has 0 radical (unpaired) electrons. The zero-order valence-electron chi connectivity index (χ0n) is 10.5. The molecule has 0 saturated heterocycles. The highest BCUT2D eigenvalue weighted by atomic mass is 32.2. The maximum Gasteiger partial charge on any atom is 0.352 e. The fourth-order valence-electron chi connectivity index (χ4n) is 1.64. The van der Waals surface area contributed by atoms with Crippen LogP contribution in [0.2, 0.25) is 0 Å². The molecule has 2 aromatic rings. The van der Waals surface area contributed by atoms with Crippen LogP contribution < -0.4 is 4.72 Å². The normalized spacial score (nSPS) is 11.4. The van der Waals surface area contributed by atoms with Crippen molar-refractivity contribution in [1.29, 1.82) is 0 Å². The lowest BCUT2D eigenvalue weighted by molar-refractivity contribution is 0.0685. The van der Waals surface area contributed by atoms with Gasteiger partial charge in [0.05, 0.1) is 6.20 Å². The number of sulfonamides is 1. The first-order valence-corrected chi connectivity index (χ1v) is 7.93. The number of aromatic nitrogens is 3. The van der Waals surface area contributed by atoms with Crippen LogP contribution in [-0.4, -0.2) is 33.6 Å². The summed E-state index contributed by atoms with van der Waals surface area (Å²) in [6, 6.07) is 1.13. The van der Waals surface area contributed by atoms with Gasteiger partial charge in [0.2, 0.25) is 0 Å². The highest BCUT2D eigenvalue weighted by molar-refractivity contribution is 7.93. The minimum absolute atomic E-state index is 0.0605. The molecule has 0 aromatic carbocycles. The van der Waals surface area contributed by atoms with Crippen LogP contribution in [0.5, 0.6) is 0 Å². The number of hydrogen-bond donors (Lipinski definition) is 2. The van der Waals surface area contributed by atoms with Crippen molar-refractivity contribution >= 4 is 32.5 Å². The lowest BCUT2D eigenvalue weighted by Crippen LogP contribution is -2.11. The number of carbonyl (C=O) groups is 1. The van der Waals surface area contributed by atoms with Crippen molar-refractivity contribution in [3.8, 4) is 0 Å². The van der Waals surface area contributed by atoms with Crippen LogP contribution in [-0.2, 0) is 16.6 Å². The summed E-state index contributed by atoms with van der Waals surface area (Å²) in [6.45, 7) is 2.31. The van der Waals surface area contributed by atoms with Crippen molar-refractivity contribution in [2.75, 3.05) is 4.72 Å². The molecule has 10 heteroatoms. The van der Waals surface area contributed by atoms with E-state index in [0.29, 0.717) is 13.0 Å². The molecular weight excluding hydrogens is 304 g/mol. The second-order valence-electron chi connectivity index (χ2n) is 3.95. The second kappa shape index (κ2) is 5.59. The summed E-state index contributed by atoms with van der Waals surface area (Å²) in [5.41, 5.74) is -0.0605. The van der Waals surface area contributed by atoms with Crippen molar-refractivity contribution < 1.29 is 18.3 Å². The second-order valence-corrected chi connectivity index (χ2v) is 6.41. The summed E-state index contributed by atoms with van der Waals surface area (Å²) in [4.78, 5) is 11.0. The SMILES string of the molecule is CCCn1cc(S(=O)(=O)Nc2cnns2)cc1C(=O)O. The molecule has 0 aliphatic rings. The van der Waals surface area contributed by atoms with E-state index in [9.17, 15) is 13.2 Å². The molecule has 0 atom stereocenters. The van der Waals surface area contributed by atoms with Crippen molar-refractivity contribution in [2.45, 2.75) is 24.8 Å². The van der Waals surface area contributed by atoms with E-state index in [1.165, 1.54) is 17.0 Å². The van der Waals surface area contributed by atoms with Gasteiger partial charge in [-0.2, -0.15) is 0 Å². The zero-order chi connectivity index (χ0) is 14.8. The third-order valence-electron chi connectivity index (χ3n) is 2.46. The molecule has 2 heterocycles. The molecule has 0 saturated carbocycles. The van der Waals surface area contributed by atoms with Gasteiger partial charge in [-0.05, 0) is 12.5 Å². The number of hydrogen-bond acceptors (Lipinski definition) is 6. The summed E-state index contributed by atoms with van der Waals surface area (Å²) < 4.78 is 31.5. The Hall–Kier alpha value is -1.94. The molecule has 0 aliphatic carbocycles. The molecule has 0 unspecified atom stereocenters. The van der Waals surface area contributed by atoms with Crippen molar-refractivity contribution in [3.05, 3.63) is 24.2 Å². The van der Waals surface area contributed by atoms with Crippen LogP contribution in [0.15, 0.2) is 23.4 Å². The fraction of sp³-hybridized carbons (Fsp3) is 0.300. The first-order chi connectivity index (χ1) is 9.44. The Labute approximate surface area is 119 Å². The van der Waals surface area contributed by atoms with Gasteiger partial charge in [0.25, 0.3) is 10.0 Å². The summed E-state index contributed by atoms with van der Waals surface area (Å²) in [7, 11) is -3.84. The largest absolute Gasteiger partial charge is 0.477 e. The Bertz CT molecular complexity index is 706. The van der Waals surface area contributed by atoms with Gasteiger partial charge in [-0.3, -0.25) is 4.72 Å². The van der Waals surface area contributed by atoms with Gasteiger partial charge in [0.1, 0.15) is 15.6 Å². The van der Waals surface area contributed by atoms with Crippen molar-refractivity contribution in [1.82, 2.24) is 14.2 Å². The molecule has 2 rings (SSSR count). The molecule has 0 spiro atoms. The molecule has 0 aliphatic heterocycles. The topological polar surface area (TPSA) is 114 Å². The predicted octanol–water partition coefficient (Wildman–Crippen LogP) is 1.25. The van der Waals surface area contributed by atoms with Gasteiger partial charge in [-0.1, -0.05) is 11.4 Å². The maximum atomic E-state index is 12.1. The van der Waals surface area contributed by atoms with Gasteiger partial charge in [0.15, 0.2) is 0 Å². The number of anilines is 1. The average molecular weight is 316 g/mol. The molecule has 0 amide bonds. The molecule has 108 valence electrons. The third kappa shape index (κ3) is 2.96. The number of nitrogens with zero attached hydrogens (tertiary/aromatic N) is 3. The highest BCUT2D eigenvalue weighted by Crippen LogP contribution is 2.20. The molecule has 20 heavy (non-hydrogen) atoms. The number of aromatic carboxylic acids is 1. The monoisotopic (exact) mass is 316 g/mol. The van der Waals surface area contributed by atoms with E-state index in [2.05, 4.69) is 14.3 Å². The number of rotatable bonds is 6. The fourth-order valence-corrected chi connectivity index (χ4v) is 3.36. The average Bonchev–Trinajstić information content (AvgIpc) is 2.98. The Balaban J connectivity index is 2.36. The van der Waals surface area contributed by atoms with Gasteiger partial charge in [-0.15, -0.1) is 5.10 Å². The molecule has 2 N–H and O–H groups in total. The number of aryl methyl sites for hydroxylation is 1. The van der Waals surface area contributed by atoms with Crippen LogP contribution >= 0.6 is 11.5 Å². The molecular formula is C10H12N4O4S2. The van der Waals surface area contributed by atoms with E-state index in [-0.39, 0.29) is 15.6 Å². The van der Waals surface area contributed by atoms with Crippen LogP contribution in [0.4, 0.5) is 5.00 Å². The lowest BCUT2D eigenvalue weighted by Gasteiger charge is -2.03. The van der Waals surface area contributed by atoms with Crippen LogP contribution in [0.1, 0.15) is 23.8 Å². The van der Waals surface area contributed by atoms with Crippen LogP contribution in [0.3, 0.4) is 0 Å². The number of carboxylic acid groups (broad SMARTS) is 1. The minimum atomic E-state index is -3.84. The van der Waals surface area contributed by atoms with Gasteiger partial charge in [-0.25, -0.2) is 13.2 Å². The van der Waals surface area contributed by atoms with Crippen molar-refractivity contribution in [2.24, 2.45) is 0 Å². The van der Waals surface area contributed by atoms with E-state index in [1.807, 2.05) is 6.92 Å². The van der Waals surface area contributed by atoms with E-state index in [4.69, 9.17) is 5.11 Å². The summed E-state index contributed by atoms with van der Waals surface area (Å²) >= 11 is 0.898. The van der Waals surface area contributed by atoms with Crippen LogP contribution in [0.25, 0.3) is 0 Å². The Morgan fingerprint density at radius 1 is 1.55 bits per heavy atom. The van der Waals surface area contributed by atoms with Gasteiger partial charge in [0, 0.05) is 24.3 Å². The Kier molecular flexibility index (Phi) is 4.04. The maximum absolute atomic E-state index is 12.1. The van der Waals surface area contributed by atoms with E-state index < -0.39 is 16.0 Å². The quantitative estimate of drug-likeness (QED) is 0.829. The summed E-state index contributed by atoms with van der Waals surface area (Å²) in [6.07, 6.45) is 3.29. The molecule has 0 fully saturated rings. The van der Waals surface area contributed by atoms with Gasteiger partial charge < -0.3 is 9.67 Å². The first-order valence-electron chi connectivity index (χ1n) is 5.67. The lowest BCUT2D eigenvalue weighted by atomic mass is 10.4. The number of nitrogens with one attached hydrogen (secondary N) is 1.